The highest BCUT2D eigenvalue weighted by molar-refractivity contribution is 6.42. The SMILES string of the molecule is COc1ccc(CN2C(=O)c3ccc(CN)cc3C23CCN(C(=O)c2ccc(C#Cc4ccccc4)o2)CC3)c(OC)c1.NCc1ccc2c(c1)C1(CCN(C(=O)c3ccc(C#Cc4ccccc4)o3)CC1)NC2=O.NCc1ccc2c(c1)C1(CCN(C(=O)c3ccc(Cl)c(Cl)c3)CC1)C(=O)N2. The largest absolute Gasteiger partial charge is 0.497 e. The van der Waals surface area contributed by atoms with Crippen molar-refractivity contribution in [1.82, 2.24) is 24.9 Å². The minimum Gasteiger partial charge on any atom is -0.497 e. The summed E-state index contributed by atoms with van der Waals surface area (Å²) in [5.41, 5.74) is 27.2. The summed E-state index contributed by atoms with van der Waals surface area (Å²) < 4.78 is 22.5. The summed E-state index contributed by atoms with van der Waals surface area (Å²) >= 11 is 12.0. The van der Waals surface area contributed by atoms with Gasteiger partial charge in [-0.2, -0.15) is 0 Å². The number of nitrogens with zero attached hydrogens (tertiary/aromatic N) is 4. The first kappa shape index (κ1) is 69.6. The van der Waals surface area contributed by atoms with E-state index in [1.807, 2.05) is 132 Å². The zero-order chi connectivity index (χ0) is 71.3. The molecular weight excluding hydrogens is 1330 g/mol. The third-order valence-corrected chi connectivity index (χ3v) is 21.0. The molecule has 8 N–H and O–H groups in total. The minimum absolute atomic E-state index is 0.00769. The Hall–Kier alpha value is -10.9. The number of piperidine rings is 3. The van der Waals surface area contributed by atoms with Gasteiger partial charge >= 0.3 is 0 Å². The van der Waals surface area contributed by atoms with Gasteiger partial charge in [0.25, 0.3) is 29.5 Å². The number of methoxy groups -OCH3 is 2. The summed E-state index contributed by atoms with van der Waals surface area (Å²) in [5.74, 6) is 14.3. The standard InChI is InChI=1S/C35H33N3O5.C26H23N3O3.C20H19Cl2N3O2/c1-41-28-12-10-26(32(21-28)42-2)23-38-33(39)29-14-9-25(22-36)20-30(29)35(38)16-18-37(19-17-35)34(40)31-15-13-27(43-31)11-8-24-6-4-3-5-7-24;27-17-19-7-10-21-22(16-19)26(28-24(21)30)12-14-29(15-13-26)25(31)23-11-9-20(32-23)8-6-18-4-2-1-3-5-18;21-15-3-2-13(10-16(15)22)18(26)25-7-5-20(6-8-25)14-9-12(11-23)1-4-17(14)24-19(20)27/h3-7,9-10,12-15,20-21H,16-19,22-23,36H2,1-2H3;1-5,7,9-11,16H,12-15,17,27H2,(H,28,30);1-4,9-10H,5-8,11,23H2,(H,24,27). The molecule has 0 aliphatic carbocycles. The molecule has 6 aliphatic heterocycles. The van der Waals surface area contributed by atoms with E-state index < -0.39 is 16.5 Å². The van der Waals surface area contributed by atoms with Crippen molar-refractivity contribution in [2.24, 2.45) is 17.2 Å². The molecule has 102 heavy (non-hydrogen) atoms. The van der Waals surface area contributed by atoms with Gasteiger partial charge in [-0.05, 0) is 181 Å². The molecule has 0 unspecified atom stereocenters. The summed E-state index contributed by atoms with van der Waals surface area (Å²) in [6.45, 7) is 4.55. The highest BCUT2D eigenvalue weighted by Crippen LogP contribution is 2.49. The number of ether oxygens (including phenoxy) is 2. The van der Waals surface area contributed by atoms with E-state index in [-0.39, 0.29) is 47.0 Å². The molecular formula is C81H75Cl2N9O10. The fourth-order valence-corrected chi connectivity index (χ4v) is 14.9. The lowest BCUT2D eigenvalue weighted by Gasteiger charge is -2.45. The van der Waals surface area contributed by atoms with Crippen molar-refractivity contribution in [3.05, 3.63) is 276 Å². The molecule has 6 amide bonds. The quantitative estimate of drug-likeness (QED) is 0.0799. The van der Waals surface area contributed by atoms with Crippen LogP contribution >= 0.6 is 23.2 Å². The molecule has 0 saturated carbocycles. The first-order valence-corrected chi connectivity index (χ1v) is 34.6. The lowest BCUT2D eigenvalue weighted by molar-refractivity contribution is -0.122. The molecule has 8 heterocycles. The molecule has 7 aromatic carbocycles. The van der Waals surface area contributed by atoms with Crippen molar-refractivity contribution in [3.63, 3.8) is 0 Å². The number of amides is 6. The van der Waals surface area contributed by atoms with Crippen molar-refractivity contribution in [2.45, 2.75) is 81.2 Å². The van der Waals surface area contributed by atoms with Gasteiger partial charge in [-0.3, -0.25) is 28.8 Å². The average molecular weight is 1410 g/mol. The van der Waals surface area contributed by atoms with E-state index in [1.165, 1.54) is 0 Å². The summed E-state index contributed by atoms with van der Waals surface area (Å²) in [6, 6.07) is 54.0. The Morgan fingerprint density at radius 2 is 1.05 bits per heavy atom. The third-order valence-electron chi connectivity index (χ3n) is 20.3. The van der Waals surface area contributed by atoms with Crippen LogP contribution in [0.4, 0.5) is 5.69 Å². The second-order valence-corrected chi connectivity index (χ2v) is 26.8. The Morgan fingerprint density at radius 3 is 1.61 bits per heavy atom. The molecule has 6 aliphatic rings. The van der Waals surface area contributed by atoms with Crippen LogP contribution in [0.1, 0.15) is 152 Å². The van der Waals surface area contributed by atoms with Crippen molar-refractivity contribution in [1.29, 1.82) is 0 Å². The molecule has 9 aromatic rings. The fourth-order valence-electron chi connectivity index (χ4n) is 14.6. The average Bonchev–Trinajstić information content (AvgIpc) is 1.75. The van der Waals surface area contributed by atoms with Gasteiger partial charge in [0.2, 0.25) is 5.91 Å². The molecule has 3 saturated heterocycles. The van der Waals surface area contributed by atoms with Gasteiger partial charge in [0.15, 0.2) is 23.0 Å². The maximum absolute atomic E-state index is 13.9. The van der Waals surface area contributed by atoms with E-state index in [9.17, 15) is 28.8 Å². The number of hydrogen-bond donors (Lipinski definition) is 5. The number of benzene rings is 7. The molecule has 15 rings (SSSR count). The predicted octanol–water partition coefficient (Wildman–Crippen LogP) is 11.5. The number of furan rings is 2. The van der Waals surface area contributed by atoms with E-state index in [0.717, 1.165) is 55.8 Å². The number of carbonyl (C=O) groups is 6. The van der Waals surface area contributed by atoms with Crippen LogP contribution in [0, 0.1) is 23.7 Å². The zero-order valence-corrected chi connectivity index (χ0v) is 57.9. The van der Waals surface area contributed by atoms with E-state index >= 15 is 0 Å². The molecule has 0 bridgehead atoms. The Morgan fingerprint density at radius 1 is 0.520 bits per heavy atom. The number of nitrogens with one attached hydrogen (secondary N) is 2. The maximum atomic E-state index is 13.9. The normalized spacial score (nSPS) is 16.2. The van der Waals surface area contributed by atoms with Crippen molar-refractivity contribution >= 4 is 64.3 Å². The van der Waals surface area contributed by atoms with Crippen LogP contribution < -0.4 is 37.3 Å². The number of rotatable bonds is 10. The molecule has 19 nitrogen and oxygen atoms in total. The monoisotopic (exact) mass is 1400 g/mol. The van der Waals surface area contributed by atoms with Crippen LogP contribution in [0.3, 0.4) is 0 Å². The minimum atomic E-state index is -0.588. The van der Waals surface area contributed by atoms with Gasteiger partial charge in [0.05, 0.1) is 47.3 Å². The smallest absolute Gasteiger partial charge is 0.289 e. The molecule has 21 heteroatoms. The van der Waals surface area contributed by atoms with Crippen molar-refractivity contribution in [2.75, 3.05) is 58.8 Å². The van der Waals surface area contributed by atoms with Crippen LogP contribution in [0.15, 0.2) is 185 Å². The van der Waals surface area contributed by atoms with E-state index in [0.29, 0.717) is 154 Å². The van der Waals surface area contributed by atoms with Crippen LogP contribution in [0.5, 0.6) is 11.5 Å². The Bertz CT molecular complexity index is 4850. The van der Waals surface area contributed by atoms with Gasteiger partial charge < -0.3 is 65.7 Å². The van der Waals surface area contributed by atoms with Gasteiger partial charge in [-0.15, -0.1) is 0 Å². The lowest BCUT2D eigenvalue weighted by atomic mass is 9.73. The Balaban J connectivity index is 0.000000141. The Labute approximate surface area is 601 Å². The fraction of sp³-hybridized carbons (Fsp3) is 0.259. The van der Waals surface area contributed by atoms with Gasteiger partial charge in [-0.1, -0.05) is 108 Å². The number of nitrogens with two attached hydrogens (primary N) is 3. The highest BCUT2D eigenvalue weighted by atomic mass is 35.5. The molecule has 3 spiro atoms. The molecule has 3 fully saturated rings. The molecule has 0 atom stereocenters. The van der Waals surface area contributed by atoms with E-state index in [1.54, 1.807) is 71.4 Å². The summed E-state index contributed by atoms with van der Waals surface area (Å²) in [4.78, 5) is 85.7. The number of likely N-dealkylation sites (tertiary alicyclic amines) is 3. The highest BCUT2D eigenvalue weighted by Gasteiger charge is 2.53. The van der Waals surface area contributed by atoms with Crippen LogP contribution in [0.2, 0.25) is 10.0 Å². The number of anilines is 1. The second kappa shape index (κ2) is 29.7. The van der Waals surface area contributed by atoms with Gasteiger partial charge in [0.1, 0.15) is 11.5 Å². The van der Waals surface area contributed by atoms with Gasteiger partial charge in [0, 0.05) is 104 Å². The summed E-state index contributed by atoms with van der Waals surface area (Å²) in [5, 5.41) is 6.92. The first-order valence-electron chi connectivity index (χ1n) is 33.8. The topological polar surface area (TPSA) is 262 Å². The number of halogens is 2. The lowest BCUT2D eigenvalue weighted by Crippen LogP contribution is -2.52. The predicted molar refractivity (Wildman–Crippen MR) is 388 cm³/mol. The van der Waals surface area contributed by atoms with E-state index in [2.05, 4.69) is 40.4 Å². The number of hydrogen-bond acceptors (Lipinski definition) is 13. The van der Waals surface area contributed by atoms with Gasteiger partial charge in [-0.25, -0.2) is 0 Å². The number of fused-ring (bicyclic) bond motifs is 6. The maximum Gasteiger partial charge on any atom is 0.289 e. The van der Waals surface area contributed by atoms with Crippen LogP contribution in [-0.4, -0.2) is 109 Å². The van der Waals surface area contributed by atoms with E-state index in [4.69, 9.17) is 58.7 Å². The molecule has 518 valence electrons. The summed E-state index contributed by atoms with van der Waals surface area (Å²) in [7, 11) is 3.22. The summed E-state index contributed by atoms with van der Waals surface area (Å²) in [6.07, 6.45) is 3.59. The van der Waals surface area contributed by atoms with Crippen molar-refractivity contribution < 1.29 is 47.1 Å². The zero-order valence-electron chi connectivity index (χ0n) is 56.4. The Kier molecular flexibility index (Phi) is 20.3. The third kappa shape index (κ3) is 13.9. The number of carbonyl (C=O) groups excluding carboxylic acids is 6. The molecule has 0 radical (unpaired) electrons. The van der Waals surface area contributed by atoms with Crippen LogP contribution in [-0.2, 0) is 47.5 Å². The second-order valence-electron chi connectivity index (χ2n) is 26.0. The first-order chi connectivity index (χ1) is 49.5. The van der Waals surface area contributed by atoms with Crippen molar-refractivity contribution in [3.8, 4) is 35.2 Å². The molecule has 2 aromatic heterocycles. The van der Waals surface area contributed by atoms with Crippen LogP contribution in [0.25, 0.3) is 0 Å².